The molecule has 15 heteroatoms. The number of methoxy groups -OCH3 is 1. The number of rotatable bonds is 6. The number of anilines is 1. The number of aliphatic hydroxyl groups is 1. The van der Waals surface area contributed by atoms with Crippen LogP contribution in [0.5, 0.6) is 0 Å². The molecule has 4 rings (SSSR count). The predicted octanol–water partition coefficient (Wildman–Crippen LogP) is 1.20. The number of imide groups is 1. The Labute approximate surface area is 234 Å². The number of hydrogen-bond acceptors (Lipinski definition) is 12. The van der Waals surface area contributed by atoms with Gasteiger partial charge in [0.25, 0.3) is 0 Å². The van der Waals surface area contributed by atoms with Crippen LogP contribution in [0.1, 0.15) is 32.6 Å². The minimum Gasteiger partial charge on any atom is -0.467 e. The van der Waals surface area contributed by atoms with Gasteiger partial charge in [-0.1, -0.05) is 23.7 Å². The first-order valence-electron chi connectivity index (χ1n) is 12.2. The maximum Gasteiger partial charge on any atom is 0.417 e. The second-order valence-electron chi connectivity index (χ2n) is 10.2. The normalized spacial score (nSPS) is 21.7. The lowest BCUT2D eigenvalue weighted by molar-refractivity contribution is -0.158. The van der Waals surface area contributed by atoms with Gasteiger partial charge in [-0.25, -0.2) is 29.4 Å². The van der Waals surface area contributed by atoms with Gasteiger partial charge in [0.15, 0.2) is 23.8 Å². The number of amides is 2. The Balaban J connectivity index is 1.75. The number of aromatic nitrogens is 4. The largest absolute Gasteiger partial charge is 0.467 e. The van der Waals surface area contributed by atoms with Crippen molar-refractivity contribution < 1.29 is 33.7 Å². The summed E-state index contributed by atoms with van der Waals surface area (Å²) in [6.07, 6.45) is -3.25. The summed E-state index contributed by atoms with van der Waals surface area (Å²) in [7, 11) is 1.11. The summed E-state index contributed by atoms with van der Waals surface area (Å²) in [4.78, 5) is 52.9. The Morgan fingerprint density at radius 1 is 1.20 bits per heavy atom. The predicted molar refractivity (Wildman–Crippen MR) is 142 cm³/mol. The highest BCUT2D eigenvalue weighted by atomic mass is 35.5. The van der Waals surface area contributed by atoms with Gasteiger partial charge in [-0.2, -0.15) is 0 Å². The summed E-state index contributed by atoms with van der Waals surface area (Å²) in [5.41, 5.74) is 12.2. The number of aliphatic hydroxyl groups excluding tert-OH is 1. The van der Waals surface area contributed by atoms with Crippen LogP contribution in [0.15, 0.2) is 36.9 Å². The molecule has 1 saturated heterocycles. The van der Waals surface area contributed by atoms with Crippen LogP contribution in [0.4, 0.5) is 10.6 Å². The lowest BCUT2D eigenvalue weighted by atomic mass is 10.0. The van der Waals surface area contributed by atoms with E-state index in [1.165, 1.54) is 17.2 Å². The van der Waals surface area contributed by atoms with E-state index in [-0.39, 0.29) is 23.4 Å². The molecule has 40 heavy (non-hydrogen) atoms. The number of hydrogen-bond donors (Lipinski definition) is 3. The zero-order valence-corrected chi connectivity index (χ0v) is 23.0. The van der Waals surface area contributed by atoms with E-state index < -0.39 is 54.1 Å². The molecule has 3 aromatic rings. The number of fused-ring (bicyclic) bond motifs is 1. The van der Waals surface area contributed by atoms with Crippen molar-refractivity contribution in [2.24, 2.45) is 5.73 Å². The van der Waals surface area contributed by atoms with Crippen molar-refractivity contribution in [2.75, 3.05) is 12.8 Å². The number of halogens is 1. The molecule has 14 nitrogen and oxygen atoms in total. The molecule has 1 fully saturated rings. The molecule has 0 bridgehead atoms. The van der Waals surface area contributed by atoms with E-state index in [9.17, 15) is 19.5 Å². The summed E-state index contributed by atoms with van der Waals surface area (Å²) >= 11 is 5.95. The third-order valence-corrected chi connectivity index (χ3v) is 6.40. The van der Waals surface area contributed by atoms with E-state index in [0.717, 1.165) is 7.11 Å². The van der Waals surface area contributed by atoms with Gasteiger partial charge < -0.3 is 30.8 Å². The minimum atomic E-state index is -1.67. The number of carbonyl (C=O) groups excluding carboxylic acids is 3. The Hall–Kier alpha value is -3.85. The number of benzene rings is 1. The van der Waals surface area contributed by atoms with Gasteiger partial charge >= 0.3 is 12.1 Å². The van der Waals surface area contributed by atoms with E-state index in [4.69, 9.17) is 37.3 Å². The fraction of sp³-hybridized carbons (Fsp3) is 0.440. The van der Waals surface area contributed by atoms with Crippen molar-refractivity contribution in [1.29, 1.82) is 0 Å². The van der Waals surface area contributed by atoms with Crippen LogP contribution in [-0.2, 0) is 30.2 Å². The third-order valence-electron chi connectivity index (χ3n) is 6.14. The maximum atomic E-state index is 13.8. The molecule has 1 aliphatic rings. The zero-order chi connectivity index (χ0) is 29.4. The average molecular weight is 576 g/mol. The molecular weight excluding hydrogens is 546 g/mol. The second-order valence-corrected chi connectivity index (χ2v) is 10.6. The number of ether oxygens (including phenoxy) is 3. The highest BCUT2D eigenvalue weighted by molar-refractivity contribution is 6.30. The summed E-state index contributed by atoms with van der Waals surface area (Å²) in [6, 6.07) is 3.79. The van der Waals surface area contributed by atoms with Crippen molar-refractivity contribution in [3.63, 3.8) is 0 Å². The Bertz CT molecular complexity index is 1410. The van der Waals surface area contributed by atoms with Gasteiger partial charge in [0.2, 0.25) is 5.91 Å². The summed E-state index contributed by atoms with van der Waals surface area (Å²) in [5, 5.41) is 12.0. The van der Waals surface area contributed by atoms with Gasteiger partial charge in [-0.3, -0.25) is 9.36 Å². The minimum absolute atomic E-state index is 0.0215. The quantitative estimate of drug-likeness (QED) is 0.355. The molecule has 1 aromatic carbocycles. The first-order valence-corrected chi connectivity index (χ1v) is 12.6. The van der Waals surface area contributed by atoms with Gasteiger partial charge in [0.05, 0.1) is 19.5 Å². The number of nitrogens with two attached hydrogens (primary N) is 2. The monoisotopic (exact) mass is 575 g/mol. The Morgan fingerprint density at radius 2 is 1.88 bits per heavy atom. The standard InChI is InChI=1S/C25H30ClN7O7/c1-25(2,3)40-24(37)33(21(35)14(27)9-12-5-7-13(26)8-6-12)16-17(34)22(39-18(16)23(36)38-4)32-11-31-15-19(28)29-10-30-20(15)32/h5-8,10-11,14,16-18,22,34H,9,27H2,1-4H3,(H2,28,29,30)/t14?,16-,17+,18-,22+/m0/s1. The van der Waals surface area contributed by atoms with Crippen LogP contribution >= 0.6 is 11.6 Å². The fourth-order valence-electron chi connectivity index (χ4n) is 4.35. The molecule has 1 aliphatic heterocycles. The molecule has 2 amide bonds. The lowest BCUT2D eigenvalue weighted by Gasteiger charge is -2.34. The zero-order valence-electron chi connectivity index (χ0n) is 22.2. The third kappa shape index (κ3) is 5.84. The summed E-state index contributed by atoms with van der Waals surface area (Å²) in [5.74, 6) is -1.78. The number of imidazole rings is 1. The number of carbonyl (C=O) groups is 3. The lowest BCUT2D eigenvalue weighted by Crippen LogP contribution is -2.60. The second kappa shape index (κ2) is 11.3. The van der Waals surface area contributed by atoms with Crippen molar-refractivity contribution >= 4 is 46.6 Å². The number of nitrogens with zero attached hydrogens (tertiary/aromatic N) is 5. The van der Waals surface area contributed by atoms with Crippen LogP contribution in [0.2, 0.25) is 5.02 Å². The van der Waals surface area contributed by atoms with E-state index in [1.54, 1.807) is 45.0 Å². The van der Waals surface area contributed by atoms with Crippen LogP contribution < -0.4 is 11.5 Å². The number of esters is 1. The topological polar surface area (TPSA) is 198 Å². The van der Waals surface area contributed by atoms with E-state index in [1.807, 2.05) is 0 Å². The highest BCUT2D eigenvalue weighted by Gasteiger charge is 2.56. The molecule has 2 aromatic heterocycles. The molecule has 0 saturated carbocycles. The van der Waals surface area contributed by atoms with E-state index in [2.05, 4.69) is 15.0 Å². The maximum absolute atomic E-state index is 13.8. The van der Waals surface area contributed by atoms with Crippen LogP contribution in [0.25, 0.3) is 11.2 Å². The van der Waals surface area contributed by atoms with Crippen LogP contribution in [0, 0.1) is 0 Å². The summed E-state index contributed by atoms with van der Waals surface area (Å²) < 4.78 is 17.6. The van der Waals surface area contributed by atoms with Crippen molar-refractivity contribution in [3.8, 4) is 0 Å². The molecule has 0 aliphatic carbocycles. The van der Waals surface area contributed by atoms with E-state index in [0.29, 0.717) is 15.5 Å². The van der Waals surface area contributed by atoms with Crippen molar-refractivity contribution in [3.05, 3.63) is 47.5 Å². The van der Waals surface area contributed by atoms with Crippen molar-refractivity contribution in [1.82, 2.24) is 24.4 Å². The average Bonchev–Trinajstić information content (AvgIpc) is 3.46. The first kappa shape index (κ1) is 29.1. The molecule has 3 heterocycles. The molecule has 1 unspecified atom stereocenters. The van der Waals surface area contributed by atoms with Gasteiger partial charge in [0.1, 0.15) is 29.6 Å². The Morgan fingerprint density at radius 3 is 2.50 bits per heavy atom. The van der Waals surface area contributed by atoms with Crippen LogP contribution in [0.3, 0.4) is 0 Å². The number of nitrogen functional groups attached to an aromatic ring is 1. The van der Waals surface area contributed by atoms with Crippen molar-refractivity contribution in [2.45, 2.75) is 63.3 Å². The van der Waals surface area contributed by atoms with Gasteiger partial charge in [-0.15, -0.1) is 0 Å². The van der Waals surface area contributed by atoms with E-state index >= 15 is 0 Å². The smallest absolute Gasteiger partial charge is 0.417 e. The summed E-state index contributed by atoms with van der Waals surface area (Å²) in [6.45, 7) is 4.81. The highest BCUT2D eigenvalue weighted by Crippen LogP contribution is 2.36. The SMILES string of the molecule is COC(=O)[C@H]1O[C@@H](n2cnc3c(N)ncnc32)[C@H](O)[C@@H]1N(C(=O)OC(C)(C)C)C(=O)C(N)Cc1ccc(Cl)cc1. The van der Waals surface area contributed by atoms with Gasteiger partial charge in [-0.05, 0) is 44.9 Å². The molecule has 5 N–H and O–H groups in total. The Kier molecular flexibility index (Phi) is 8.25. The molecular formula is C25H30ClN7O7. The van der Waals surface area contributed by atoms with Crippen LogP contribution in [-0.4, -0.2) is 84.5 Å². The first-order chi connectivity index (χ1) is 18.8. The molecule has 0 spiro atoms. The molecule has 5 atom stereocenters. The van der Waals surface area contributed by atoms with Gasteiger partial charge in [0, 0.05) is 5.02 Å². The molecule has 0 radical (unpaired) electrons. The molecule has 214 valence electrons. The fourth-order valence-corrected chi connectivity index (χ4v) is 4.48.